The number of carbonyl (C=O) groups excluding carboxylic acids is 3. The largest absolute Gasteiger partial charge is 0.460 e. The molecule has 1 amide bonds. The molecule has 0 aromatic heterocycles. The van der Waals surface area contributed by atoms with Crippen molar-refractivity contribution in [2.24, 2.45) is 0 Å². The van der Waals surface area contributed by atoms with Crippen LogP contribution in [-0.2, 0) is 35.0 Å². The van der Waals surface area contributed by atoms with Crippen LogP contribution in [0, 0.1) is 0 Å². The third kappa shape index (κ3) is 11.0. The number of unbranched alkanes of at least 4 members (excludes halogenated alkanes) is 2. The first-order valence-electron chi connectivity index (χ1n) is 13.0. The van der Waals surface area contributed by atoms with Crippen molar-refractivity contribution in [2.75, 3.05) is 26.4 Å². The number of benzene rings is 1. The van der Waals surface area contributed by atoms with E-state index in [-0.39, 0.29) is 24.8 Å². The molecule has 0 heterocycles. The second kappa shape index (κ2) is 16.3. The zero-order valence-electron chi connectivity index (χ0n) is 22.8. The van der Waals surface area contributed by atoms with E-state index in [9.17, 15) is 14.4 Å². The normalized spacial score (nSPS) is 14.4. The van der Waals surface area contributed by atoms with Gasteiger partial charge in [-0.3, -0.25) is 9.59 Å². The average Bonchev–Trinajstić information content (AvgIpc) is 2.88. The van der Waals surface area contributed by atoms with Gasteiger partial charge >= 0.3 is 5.97 Å². The molecule has 2 atom stereocenters. The first kappa shape index (κ1) is 31.5. The van der Waals surface area contributed by atoms with Crippen molar-refractivity contribution in [3.63, 3.8) is 0 Å². The van der Waals surface area contributed by atoms with Crippen molar-refractivity contribution in [2.45, 2.75) is 90.8 Å². The SMILES string of the molecule is C=C(C)C(=O)OCCNC(=O)C(C)(CC)OCCCCCC(=O)C(C)(CC)OCCc1ccccc1. The first-order chi connectivity index (χ1) is 17.1. The molecule has 202 valence electrons. The Kier molecular flexibility index (Phi) is 14.3. The summed E-state index contributed by atoms with van der Waals surface area (Å²) in [4.78, 5) is 36.8. The number of hydrogen-bond donors (Lipinski definition) is 1. The van der Waals surface area contributed by atoms with Crippen LogP contribution in [0.2, 0.25) is 0 Å². The summed E-state index contributed by atoms with van der Waals surface area (Å²) in [7, 11) is 0. The van der Waals surface area contributed by atoms with E-state index < -0.39 is 17.2 Å². The van der Waals surface area contributed by atoms with Crippen LogP contribution in [0.4, 0.5) is 0 Å². The van der Waals surface area contributed by atoms with Crippen molar-refractivity contribution in [1.82, 2.24) is 5.32 Å². The Morgan fingerprint density at radius 2 is 1.53 bits per heavy atom. The van der Waals surface area contributed by atoms with Crippen molar-refractivity contribution in [3.05, 3.63) is 48.0 Å². The minimum absolute atomic E-state index is 0.0813. The van der Waals surface area contributed by atoms with Crippen LogP contribution in [0.15, 0.2) is 42.5 Å². The van der Waals surface area contributed by atoms with Gasteiger partial charge in [-0.05, 0) is 58.4 Å². The first-order valence-corrected chi connectivity index (χ1v) is 13.0. The molecule has 0 fully saturated rings. The summed E-state index contributed by atoms with van der Waals surface area (Å²) in [6.07, 6.45) is 4.73. The highest BCUT2D eigenvalue weighted by Gasteiger charge is 2.32. The second-order valence-corrected chi connectivity index (χ2v) is 9.51. The van der Waals surface area contributed by atoms with Crippen LogP contribution in [0.1, 0.15) is 78.7 Å². The number of ketones is 1. The predicted octanol–water partition coefficient (Wildman–Crippen LogP) is 4.96. The monoisotopic (exact) mass is 503 g/mol. The Labute approximate surface area is 217 Å². The van der Waals surface area contributed by atoms with E-state index in [4.69, 9.17) is 14.2 Å². The molecule has 0 aliphatic heterocycles. The molecule has 0 aliphatic rings. The number of Topliss-reactive ketones (excluding diaryl/α,β-unsaturated/α-hetero) is 1. The van der Waals surface area contributed by atoms with E-state index >= 15 is 0 Å². The van der Waals surface area contributed by atoms with Gasteiger partial charge in [0.25, 0.3) is 5.91 Å². The summed E-state index contributed by atoms with van der Waals surface area (Å²) in [5.74, 6) is -0.586. The molecular weight excluding hydrogens is 458 g/mol. The highest BCUT2D eigenvalue weighted by atomic mass is 16.5. The summed E-state index contributed by atoms with van der Waals surface area (Å²) in [5, 5.41) is 2.76. The minimum atomic E-state index is -0.957. The van der Waals surface area contributed by atoms with Crippen molar-refractivity contribution >= 4 is 17.7 Å². The fourth-order valence-corrected chi connectivity index (χ4v) is 3.49. The lowest BCUT2D eigenvalue weighted by atomic mass is 9.93. The van der Waals surface area contributed by atoms with Crippen LogP contribution in [0.5, 0.6) is 0 Å². The van der Waals surface area contributed by atoms with Gasteiger partial charge in [-0.15, -0.1) is 0 Å². The maximum atomic E-state index is 12.8. The molecule has 36 heavy (non-hydrogen) atoms. The van der Waals surface area contributed by atoms with Gasteiger partial charge in [-0.2, -0.15) is 0 Å². The maximum absolute atomic E-state index is 12.8. The number of amides is 1. The van der Waals surface area contributed by atoms with E-state index in [1.807, 2.05) is 39.0 Å². The Bertz CT molecular complexity index is 839. The van der Waals surface area contributed by atoms with Gasteiger partial charge in [0.1, 0.15) is 17.8 Å². The van der Waals surface area contributed by atoms with Crippen molar-refractivity contribution in [3.8, 4) is 0 Å². The molecule has 0 radical (unpaired) electrons. The molecule has 1 rings (SSSR count). The number of ether oxygens (including phenoxy) is 3. The molecule has 7 heteroatoms. The number of hydrogen-bond acceptors (Lipinski definition) is 6. The summed E-state index contributed by atoms with van der Waals surface area (Å²) >= 11 is 0. The Morgan fingerprint density at radius 3 is 2.14 bits per heavy atom. The Morgan fingerprint density at radius 1 is 0.889 bits per heavy atom. The Hall–Kier alpha value is -2.51. The number of esters is 1. The fraction of sp³-hybridized carbons (Fsp3) is 0.621. The highest BCUT2D eigenvalue weighted by molar-refractivity contribution is 5.87. The van der Waals surface area contributed by atoms with Gasteiger partial charge in [0, 0.05) is 18.6 Å². The van der Waals surface area contributed by atoms with Gasteiger partial charge in [0.2, 0.25) is 0 Å². The quantitative estimate of drug-likeness (QED) is 0.163. The minimum Gasteiger partial charge on any atom is -0.460 e. The number of carbonyl (C=O) groups is 3. The van der Waals surface area contributed by atoms with Gasteiger partial charge in [-0.1, -0.05) is 57.2 Å². The van der Waals surface area contributed by atoms with E-state index in [1.54, 1.807) is 13.8 Å². The zero-order valence-corrected chi connectivity index (χ0v) is 22.8. The van der Waals surface area contributed by atoms with E-state index in [2.05, 4.69) is 24.0 Å². The van der Waals surface area contributed by atoms with Gasteiger partial charge in [0.05, 0.1) is 13.2 Å². The Balaban J connectivity index is 2.30. The summed E-state index contributed by atoms with van der Waals surface area (Å²) in [5.41, 5.74) is -0.202. The van der Waals surface area contributed by atoms with Crippen molar-refractivity contribution in [1.29, 1.82) is 0 Å². The summed E-state index contributed by atoms with van der Waals surface area (Å²) in [6, 6.07) is 10.1. The van der Waals surface area contributed by atoms with Gasteiger partial charge < -0.3 is 19.5 Å². The average molecular weight is 504 g/mol. The summed E-state index contributed by atoms with van der Waals surface area (Å²) < 4.78 is 16.9. The molecular formula is C29H45NO6. The van der Waals surface area contributed by atoms with Gasteiger partial charge in [0.15, 0.2) is 5.78 Å². The van der Waals surface area contributed by atoms with Crippen LogP contribution in [-0.4, -0.2) is 55.2 Å². The second-order valence-electron chi connectivity index (χ2n) is 9.51. The van der Waals surface area contributed by atoms with Crippen LogP contribution >= 0.6 is 0 Å². The third-order valence-corrected chi connectivity index (χ3v) is 6.51. The summed E-state index contributed by atoms with van der Waals surface area (Å²) in [6.45, 7) is 13.8. The number of nitrogens with one attached hydrogen (secondary N) is 1. The molecule has 0 aliphatic carbocycles. The smallest absolute Gasteiger partial charge is 0.333 e. The molecule has 1 N–H and O–H groups in total. The van der Waals surface area contributed by atoms with E-state index in [1.165, 1.54) is 5.56 Å². The molecule has 0 saturated carbocycles. The highest BCUT2D eigenvalue weighted by Crippen LogP contribution is 2.21. The molecule has 1 aromatic carbocycles. The lowest BCUT2D eigenvalue weighted by Crippen LogP contribution is -2.47. The molecule has 2 unspecified atom stereocenters. The van der Waals surface area contributed by atoms with Crippen molar-refractivity contribution < 1.29 is 28.6 Å². The maximum Gasteiger partial charge on any atom is 0.333 e. The number of rotatable bonds is 19. The standard InChI is InChI=1S/C29H45NO6/c1-7-28(5,36-21-18-24-15-11-9-12-16-24)25(31)17-13-10-14-20-35-29(6,8-2)27(33)30-19-22-34-26(32)23(3)4/h9,11-12,15-16H,3,7-8,10,13-14,17-22H2,1-2,4-6H3,(H,30,33). The molecule has 0 spiro atoms. The lowest BCUT2D eigenvalue weighted by molar-refractivity contribution is -0.147. The van der Waals surface area contributed by atoms with Crippen LogP contribution in [0.3, 0.4) is 0 Å². The fourth-order valence-electron chi connectivity index (χ4n) is 3.49. The molecule has 1 aromatic rings. The third-order valence-electron chi connectivity index (χ3n) is 6.51. The topological polar surface area (TPSA) is 90.9 Å². The molecule has 7 nitrogen and oxygen atoms in total. The zero-order chi connectivity index (χ0) is 27.0. The van der Waals surface area contributed by atoms with Crippen LogP contribution < -0.4 is 5.32 Å². The predicted molar refractivity (Wildman–Crippen MR) is 142 cm³/mol. The van der Waals surface area contributed by atoms with Gasteiger partial charge in [-0.25, -0.2) is 4.79 Å². The molecule has 0 saturated heterocycles. The molecule has 0 bridgehead atoms. The lowest BCUT2D eigenvalue weighted by Gasteiger charge is -2.28. The van der Waals surface area contributed by atoms with E-state index in [0.717, 1.165) is 25.7 Å². The van der Waals surface area contributed by atoms with Crippen LogP contribution in [0.25, 0.3) is 0 Å². The van der Waals surface area contributed by atoms with E-state index in [0.29, 0.717) is 38.0 Å².